The second-order valence-electron chi connectivity index (χ2n) is 6.76. The van der Waals surface area contributed by atoms with Crippen LogP contribution in [0.2, 0.25) is 0 Å². The third-order valence-electron chi connectivity index (χ3n) is 5.17. The van der Waals surface area contributed by atoms with Gasteiger partial charge in [-0.1, -0.05) is 30.3 Å². The SMILES string of the molecule is CCOC(=O)[C@@H]1CC2(CC[C@@H]1[NH2+][C@@H](C)c1ccccc1)OCCO2. The third kappa shape index (κ3) is 3.79. The molecular formula is C19H28NO4+. The number of ether oxygens (including phenoxy) is 3. The van der Waals surface area contributed by atoms with Gasteiger partial charge in [-0.2, -0.15) is 0 Å². The van der Waals surface area contributed by atoms with Crippen LogP contribution in [0.15, 0.2) is 30.3 Å². The predicted octanol–water partition coefficient (Wildman–Crippen LogP) is 1.79. The summed E-state index contributed by atoms with van der Waals surface area (Å²) in [5, 5.41) is 2.30. The molecule has 1 saturated heterocycles. The minimum Gasteiger partial charge on any atom is -0.466 e. The lowest BCUT2D eigenvalue weighted by molar-refractivity contribution is -0.732. The van der Waals surface area contributed by atoms with Gasteiger partial charge in [0.15, 0.2) is 5.79 Å². The Hall–Kier alpha value is -1.43. The Morgan fingerprint density at radius 3 is 2.71 bits per heavy atom. The molecule has 0 unspecified atom stereocenters. The molecule has 0 amide bonds. The van der Waals surface area contributed by atoms with E-state index in [1.807, 2.05) is 13.0 Å². The van der Waals surface area contributed by atoms with Gasteiger partial charge in [-0.05, 0) is 13.8 Å². The lowest BCUT2D eigenvalue weighted by Crippen LogP contribution is -2.93. The van der Waals surface area contributed by atoms with E-state index in [2.05, 4.69) is 36.5 Å². The predicted molar refractivity (Wildman–Crippen MR) is 89.2 cm³/mol. The van der Waals surface area contributed by atoms with Gasteiger partial charge in [-0.15, -0.1) is 0 Å². The minimum atomic E-state index is -0.572. The molecule has 1 aliphatic heterocycles. The van der Waals surface area contributed by atoms with Crippen molar-refractivity contribution in [3.63, 3.8) is 0 Å². The molecule has 1 aromatic carbocycles. The number of carbonyl (C=O) groups excluding carboxylic acids is 1. The molecule has 0 aromatic heterocycles. The van der Waals surface area contributed by atoms with Gasteiger partial charge >= 0.3 is 5.97 Å². The molecule has 1 aromatic rings. The molecule has 2 fully saturated rings. The summed E-state index contributed by atoms with van der Waals surface area (Å²) in [6.07, 6.45) is 2.32. The van der Waals surface area contributed by atoms with Crippen molar-refractivity contribution in [2.24, 2.45) is 5.92 Å². The van der Waals surface area contributed by atoms with E-state index in [4.69, 9.17) is 14.2 Å². The monoisotopic (exact) mass is 334 g/mol. The number of hydrogen-bond donors (Lipinski definition) is 1. The Morgan fingerprint density at radius 2 is 2.04 bits per heavy atom. The average molecular weight is 334 g/mol. The molecule has 132 valence electrons. The Bertz CT molecular complexity index is 542. The molecule has 1 spiro atoms. The number of benzene rings is 1. The molecule has 0 bridgehead atoms. The van der Waals surface area contributed by atoms with Crippen LogP contribution in [0.3, 0.4) is 0 Å². The number of rotatable bonds is 5. The standard InChI is InChI=1S/C19H27NO4/c1-3-22-18(21)16-13-19(23-11-12-24-19)10-9-17(16)20-14(2)15-7-5-4-6-8-15/h4-8,14,16-17,20H,3,9-13H2,1-2H3/p+1/t14-,16+,17-/m0/s1. The van der Waals surface area contributed by atoms with Gasteiger partial charge in [-0.25, -0.2) is 0 Å². The fourth-order valence-corrected chi connectivity index (χ4v) is 3.91. The van der Waals surface area contributed by atoms with E-state index in [0.717, 1.165) is 12.8 Å². The molecule has 2 aliphatic rings. The lowest BCUT2D eigenvalue weighted by atomic mass is 9.80. The first-order valence-corrected chi connectivity index (χ1v) is 8.98. The van der Waals surface area contributed by atoms with Crippen LogP contribution in [0.4, 0.5) is 0 Å². The molecule has 5 heteroatoms. The topological polar surface area (TPSA) is 61.4 Å². The molecule has 1 saturated carbocycles. The van der Waals surface area contributed by atoms with Crippen LogP contribution in [-0.4, -0.2) is 37.6 Å². The quantitative estimate of drug-likeness (QED) is 0.834. The van der Waals surface area contributed by atoms with Gasteiger partial charge in [0.2, 0.25) is 0 Å². The summed E-state index contributed by atoms with van der Waals surface area (Å²) in [4.78, 5) is 12.5. The van der Waals surface area contributed by atoms with Crippen molar-refractivity contribution in [1.82, 2.24) is 0 Å². The highest BCUT2D eigenvalue weighted by Crippen LogP contribution is 2.38. The lowest BCUT2D eigenvalue weighted by Gasteiger charge is -2.39. The highest BCUT2D eigenvalue weighted by Gasteiger charge is 2.50. The molecule has 0 radical (unpaired) electrons. The number of hydrogen-bond acceptors (Lipinski definition) is 4. The maximum Gasteiger partial charge on any atom is 0.315 e. The average Bonchev–Trinajstić information content (AvgIpc) is 3.05. The van der Waals surface area contributed by atoms with Gasteiger partial charge in [0.05, 0.1) is 19.8 Å². The highest BCUT2D eigenvalue weighted by atomic mass is 16.7. The zero-order valence-corrected chi connectivity index (χ0v) is 14.6. The second kappa shape index (κ2) is 7.64. The number of esters is 1. The maximum absolute atomic E-state index is 12.5. The second-order valence-corrected chi connectivity index (χ2v) is 6.76. The summed E-state index contributed by atoms with van der Waals surface area (Å²) < 4.78 is 17.0. The van der Waals surface area contributed by atoms with Crippen molar-refractivity contribution in [1.29, 1.82) is 0 Å². The normalized spacial score (nSPS) is 27.1. The fourth-order valence-electron chi connectivity index (χ4n) is 3.91. The van der Waals surface area contributed by atoms with Crippen LogP contribution in [0.1, 0.15) is 44.7 Å². The van der Waals surface area contributed by atoms with E-state index in [-0.39, 0.29) is 17.9 Å². The summed E-state index contributed by atoms with van der Waals surface area (Å²) in [6, 6.07) is 10.9. The molecular weight excluding hydrogens is 306 g/mol. The van der Waals surface area contributed by atoms with Crippen LogP contribution in [0.5, 0.6) is 0 Å². The number of carbonyl (C=O) groups is 1. The van der Waals surface area contributed by atoms with E-state index in [1.54, 1.807) is 0 Å². The van der Waals surface area contributed by atoms with E-state index in [0.29, 0.717) is 32.3 Å². The van der Waals surface area contributed by atoms with Crippen molar-refractivity contribution >= 4 is 5.97 Å². The molecule has 1 heterocycles. The number of nitrogens with two attached hydrogens (primary N) is 1. The first kappa shape index (κ1) is 17.4. The number of quaternary nitrogens is 1. The maximum atomic E-state index is 12.5. The smallest absolute Gasteiger partial charge is 0.315 e. The van der Waals surface area contributed by atoms with Crippen molar-refractivity contribution in [3.05, 3.63) is 35.9 Å². The summed E-state index contributed by atoms with van der Waals surface area (Å²) in [5.74, 6) is -0.891. The van der Waals surface area contributed by atoms with Gasteiger partial charge < -0.3 is 19.5 Å². The highest BCUT2D eigenvalue weighted by molar-refractivity contribution is 5.73. The minimum absolute atomic E-state index is 0.128. The summed E-state index contributed by atoms with van der Waals surface area (Å²) in [6.45, 7) is 5.68. The van der Waals surface area contributed by atoms with E-state index < -0.39 is 5.79 Å². The van der Waals surface area contributed by atoms with Crippen LogP contribution < -0.4 is 5.32 Å². The Labute approximate surface area is 143 Å². The van der Waals surface area contributed by atoms with Crippen LogP contribution in [0, 0.1) is 5.92 Å². The van der Waals surface area contributed by atoms with E-state index in [1.165, 1.54) is 5.56 Å². The Morgan fingerprint density at radius 1 is 1.33 bits per heavy atom. The van der Waals surface area contributed by atoms with Crippen molar-refractivity contribution < 1.29 is 24.3 Å². The fraction of sp³-hybridized carbons (Fsp3) is 0.632. The van der Waals surface area contributed by atoms with E-state index in [9.17, 15) is 4.79 Å². The molecule has 5 nitrogen and oxygen atoms in total. The largest absolute Gasteiger partial charge is 0.466 e. The third-order valence-corrected chi connectivity index (χ3v) is 5.17. The van der Waals surface area contributed by atoms with Gasteiger partial charge in [0.25, 0.3) is 0 Å². The van der Waals surface area contributed by atoms with Gasteiger partial charge in [0.1, 0.15) is 18.0 Å². The van der Waals surface area contributed by atoms with Crippen molar-refractivity contribution in [2.45, 2.75) is 51.0 Å². The molecule has 2 N–H and O–H groups in total. The first-order chi connectivity index (χ1) is 11.6. The van der Waals surface area contributed by atoms with E-state index >= 15 is 0 Å². The van der Waals surface area contributed by atoms with Gasteiger partial charge in [0, 0.05) is 24.8 Å². The molecule has 1 aliphatic carbocycles. The summed E-state index contributed by atoms with van der Waals surface area (Å²) in [7, 11) is 0. The molecule has 24 heavy (non-hydrogen) atoms. The van der Waals surface area contributed by atoms with Crippen LogP contribution >= 0.6 is 0 Å². The first-order valence-electron chi connectivity index (χ1n) is 8.98. The van der Waals surface area contributed by atoms with Crippen molar-refractivity contribution in [3.8, 4) is 0 Å². The molecule has 3 rings (SSSR count). The Balaban J connectivity index is 1.71. The van der Waals surface area contributed by atoms with Gasteiger partial charge in [-0.3, -0.25) is 4.79 Å². The zero-order valence-electron chi connectivity index (χ0n) is 14.6. The Kier molecular flexibility index (Phi) is 5.54. The summed E-state index contributed by atoms with van der Waals surface area (Å²) >= 11 is 0. The van der Waals surface area contributed by atoms with Crippen LogP contribution in [0.25, 0.3) is 0 Å². The van der Waals surface area contributed by atoms with Crippen LogP contribution in [-0.2, 0) is 19.0 Å². The molecule has 3 atom stereocenters. The zero-order chi connectivity index (χ0) is 17.0. The van der Waals surface area contributed by atoms with Crippen molar-refractivity contribution in [2.75, 3.05) is 19.8 Å². The summed E-state index contributed by atoms with van der Waals surface area (Å²) in [5.41, 5.74) is 1.27.